The van der Waals surface area contributed by atoms with Gasteiger partial charge in [-0.3, -0.25) is 14.4 Å². The molecule has 0 aromatic heterocycles. The van der Waals surface area contributed by atoms with Crippen LogP contribution in [-0.2, 0) is 32.0 Å². The lowest BCUT2D eigenvalue weighted by Crippen LogP contribution is -2.38. The quantitative estimate of drug-likeness (QED) is 0.826. The minimum absolute atomic E-state index is 0.0736. The van der Waals surface area contributed by atoms with E-state index in [4.69, 9.17) is 4.74 Å². The highest BCUT2D eigenvalue weighted by molar-refractivity contribution is 5.96. The number of nitrogens with one attached hydrogen (secondary N) is 1. The summed E-state index contributed by atoms with van der Waals surface area (Å²) < 4.78 is 5.17. The molecule has 3 rings (SSSR count). The van der Waals surface area contributed by atoms with Gasteiger partial charge in [0.05, 0.1) is 6.42 Å². The number of carbonyl (C=O) groups excluding carboxylic acids is 3. The molecule has 0 atom stereocenters. The van der Waals surface area contributed by atoms with E-state index in [1.165, 1.54) is 6.92 Å². The zero-order valence-corrected chi connectivity index (χ0v) is 15.2. The Bertz CT molecular complexity index is 846. The molecule has 1 heterocycles. The molecule has 0 fully saturated rings. The van der Waals surface area contributed by atoms with Crippen molar-refractivity contribution < 1.29 is 19.1 Å². The van der Waals surface area contributed by atoms with Gasteiger partial charge in [0.25, 0.3) is 5.91 Å². The molecule has 0 unspecified atom stereocenters. The summed E-state index contributed by atoms with van der Waals surface area (Å²) in [5, 5.41) is 2.66. The van der Waals surface area contributed by atoms with E-state index in [-0.39, 0.29) is 24.8 Å². The zero-order chi connectivity index (χ0) is 19.2. The second-order valence-electron chi connectivity index (χ2n) is 6.49. The maximum absolute atomic E-state index is 12.5. The van der Waals surface area contributed by atoms with Crippen molar-refractivity contribution in [1.29, 1.82) is 0 Å². The van der Waals surface area contributed by atoms with Crippen LogP contribution >= 0.6 is 0 Å². The third-order valence-corrected chi connectivity index (χ3v) is 4.39. The van der Waals surface area contributed by atoms with Crippen molar-refractivity contribution in [3.05, 3.63) is 59.7 Å². The number of nitrogens with zero attached hydrogens (tertiary/aromatic N) is 1. The van der Waals surface area contributed by atoms with E-state index in [1.54, 1.807) is 29.2 Å². The molecule has 0 radical (unpaired) electrons. The normalized spacial score (nSPS) is 12.9. The van der Waals surface area contributed by atoms with Crippen molar-refractivity contribution >= 4 is 29.2 Å². The van der Waals surface area contributed by atoms with Crippen molar-refractivity contribution in [3.63, 3.8) is 0 Å². The molecule has 1 aliphatic rings. The van der Waals surface area contributed by atoms with Crippen LogP contribution in [0.25, 0.3) is 0 Å². The first-order chi connectivity index (χ1) is 13.0. The Kier molecular flexibility index (Phi) is 5.86. The summed E-state index contributed by atoms with van der Waals surface area (Å²) in [7, 11) is 0. The van der Waals surface area contributed by atoms with Crippen LogP contribution in [0.3, 0.4) is 0 Å². The average molecular weight is 366 g/mol. The molecule has 2 amide bonds. The average Bonchev–Trinajstić information content (AvgIpc) is 2.67. The van der Waals surface area contributed by atoms with Crippen molar-refractivity contribution in [1.82, 2.24) is 0 Å². The van der Waals surface area contributed by atoms with E-state index in [2.05, 4.69) is 5.32 Å². The van der Waals surface area contributed by atoms with E-state index in [0.717, 1.165) is 29.7 Å². The molecule has 1 aliphatic heterocycles. The lowest BCUT2D eigenvalue weighted by molar-refractivity contribution is -0.147. The maximum atomic E-state index is 12.5. The van der Waals surface area contributed by atoms with Gasteiger partial charge in [0, 0.05) is 24.8 Å². The van der Waals surface area contributed by atoms with Crippen LogP contribution in [0.5, 0.6) is 0 Å². The number of benzene rings is 2. The zero-order valence-electron chi connectivity index (χ0n) is 15.2. The fourth-order valence-corrected chi connectivity index (χ4v) is 3.14. The molecule has 6 nitrogen and oxygen atoms in total. The van der Waals surface area contributed by atoms with Crippen LogP contribution in [0.15, 0.2) is 48.5 Å². The molecular formula is C21H22N2O4. The molecule has 6 heteroatoms. The molecule has 0 saturated carbocycles. The van der Waals surface area contributed by atoms with Crippen LogP contribution < -0.4 is 10.2 Å². The van der Waals surface area contributed by atoms with E-state index >= 15 is 0 Å². The Balaban J connectivity index is 1.52. The van der Waals surface area contributed by atoms with E-state index in [1.807, 2.05) is 24.3 Å². The second kappa shape index (κ2) is 8.49. The summed E-state index contributed by atoms with van der Waals surface area (Å²) in [6, 6.07) is 14.7. The molecule has 2 aromatic rings. The number of hydrogen-bond donors (Lipinski definition) is 1. The van der Waals surface area contributed by atoms with Gasteiger partial charge in [0.2, 0.25) is 5.91 Å². The second-order valence-corrected chi connectivity index (χ2v) is 6.49. The minimum Gasteiger partial charge on any atom is -0.455 e. The van der Waals surface area contributed by atoms with Gasteiger partial charge in [-0.25, -0.2) is 0 Å². The summed E-state index contributed by atoms with van der Waals surface area (Å²) in [5.74, 6) is -0.822. The first-order valence-corrected chi connectivity index (χ1v) is 8.93. The SMILES string of the molecule is CC(=O)Nc1ccc(CC(=O)OCC(=O)N2CCCc3ccccc32)cc1. The van der Waals surface area contributed by atoms with Crippen molar-refractivity contribution in [2.75, 3.05) is 23.4 Å². The van der Waals surface area contributed by atoms with E-state index in [0.29, 0.717) is 12.2 Å². The summed E-state index contributed by atoms with van der Waals surface area (Å²) >= 11 is 0. The molecule has 0 saturated heterocycles. The number of amides is 2. The number of carbonyl (C=O) groups is 3. The Labute approximate surface area is 158 Å². The minimum atomic E-state index is -0.457. The Morgan fingerprint density at radius 3 is 2.56 bits per heavy atom. The first-order valence-electron chi connectivity index (χ1n) is 8.93. The van der Waals surface area contributed by atoms with Gasteiger partial charge in [-0.05, 0) is 42.2 Å². The number of hydrogen-bond acceptors (Lipinski definition) is 4. The van der Waals surface area contributed by atoms with Gasteiger partial charge >= 0.3 is 5.97 Å². The number of aryl methyl sites for hydroxylation is 1. The lowest BCUT2D eigenvalue weighted by Gasteiger charge is -2.29. The lowest BCUT2D eigenvalue weighted by atomic mass is 10.0. The highest BCUT2D eigenvalue weighted by Crippen LogP contribution is 2.26. The highest BCUT2D eigenvalue weighted by atomic mass is 16.5. The third kappa shape index (κ3) is 4.94. The highest BCUT2D eigenvalue weighted by Gasteiger charge is 2.23. The summed E-state index contributed by atoms with van der Waals surface area (Å²) in [5.41, 5.74) is 3.46. The van der Waals surface area contributed by atoms with Crippen LogP contribution in [0.1, 0.15) is 24.5 Å². The number of fused-ring (bicyclic) bond motifs is 1. The standard InChI is InChI=1S/C21H22N2O4/c1-15(24)22-18-10-8-16(9-11-18)13-21(26)27-14-20(25)23-12-4-6-17-5-2-3-7-19(17)23/h2-3,5,7-11H,4,6,12-14H2,1H3,(H,22,24). The predicted molar refractivity (Wildman–Crippen MR) is 103 cm³/mol. The smallest absolute Gasteiger partial charge is 0.310 e. The fraction of sp³-hybridized carbons (Fsp3) is 0.286. The number of ether oxygens (including phenoxy) is 1. The van der Waals surface area contributed by atoms with Gasteiger partial charge in [-0.1, -0.05) is 30.3 Å². The largest absolute Gasteiger partial charge is 0.455 e. The van der Waals surface area contributed by atoms with E-state index < -0.39 is 5.97 Å². The first kappa shape index (κ1) is 18.6. The summed E-state index contributed by atoms with van der Waals surface area (Å²) in [4.78, 5) is 37.2. The molecule has 140 valence electrons. The van der Waals surface area contributed by atoms with Crippen molar-refractivity contribution in [3.8, 4) is 0 Å². The van der Waals surface area contributed by atoms with Crippen molar-refractivity contribution in [2.45, 2.75) is 26.2 Å². The van der Waals surface area contributed by atoms with Crippen molar-refractivity contribution in [2.24, 2.45) is 0 Å². The molecule has 0 aliphatic carbocycles. The topological polar surface area (TPSA) is 75.7 Å². The number of anilines is 2. The van der Waals surface area contributed by atoms with Crippen LogP contribution in [-0.4, -0.2) is 30.9 Å². The Hall–Kier alpha value is -3.15. The van der Waals surface area contributed by atoms with Gasteiger partial charge in [0.1, 0.15) is 0 Å². The number of rotatable bonds is 5. The Morgan fingerprint density at radius 1 is 1.07 bits per heavy atom. The maximum Gasteiger partial charge on any atom is 0.310 e. The van der Waals surface area contributed by atoms with E-state index in [9.17, 15) is 14.4 Å². The van der Waals surface area contributed by atoms with Gasteiger partial charge in [-0.15, -0.1) is 0 Å². The predicted octanol–water partition coefficient (Wildman–Crippen LogP) is 2.71. The number of para-hydroxylation sites is 1. The molecule has 1 N–H and O–H groups in total. The molecule has 0 bridgehead atoms. The van der Waals surface area contributed by atoms with Crippen LogP contribution in [0.4, 0.5) is 11.4 Å². The van der Waals surface area contributed by atoms with Crippen LogP contribution in [0, 0.1) is 0 Å². The molecule has 0 spiro atoms. The van der Waals surface area contributed by atoms with Gasteiger partial charge < -0.3 is 15.0 Å². The van der Waals surface area contributed by atoms with Gasteiger partial charge in [0.15, 0.2) is 6.61 Å². The molecule has 27 heavy (non-hydrogen) atoms. The molecule has 2 aromatic carbocycles. The number of esters is 1. The van der Waals surface area contributed by atoms with Crippen LogP contribution in [0.2, 0.25) is 0 Å². The third-order valence-electron chi connectivity index (χ3n) is 4.39. The monoisotopic (exact) mass is 366 g/mol. The summed E-state index contributed by atoms with van der Waals surface area (Å²) in [6.45, 7) is 1.80. The fourth-order valence-electron chi connectivity index (χ4n) is 3.14. The molecular weight excluding hydrogens is 344 g/mol. The van der Waals surface area contributed by atoms with Gasteiger partial charge in [-0.2, -0.15) is 0 Å². The Morgan fingerprint density at radius 2 is 1.81 bits per heavy atom. The summed E-state index contributed by atoms with van der Waals surface area (Å²) in [6.07, 6.45) is 1.93.